The van der Waals surface area contributed by atoms with Gasteiger partial charge in [0.2, 0.25) is 0 Å². The molecule has 1 N–H and O–H groups in total. The molecule has 0 heterocycles. The summed E-state index contributed by atoms with van der Waals surface area (Å²) in [7, 11) is -5.28. The average Bonchev–Trinajstić information content (AvgIpc) is 2.97. The van der Waals surface area contributed by atoms with E-state index in [4.69, 9.17) is 8.85 Å². The van der Waals surface area contributed by atoms with Gasteiger partial charge < -0.3 is 14.0 Å². The molecule has 0 saturated heterocycles. The minimum atomic E-state index is -2.89. The Balaban J connectivity index is 2.19. The minimum Gasteiger partial charge on any atom is -0.404 e. The Morgan fingerprint density at radius 3 is 1.63 bits per heavy atom. The van der Waals surface area contributed by atoms with Gasteiger partial charge >= 0.3 is 0 Å². The van der Waals surface area contributed by atoms with Crippen molar-refractivity contribution in [3.8, 4) is 0 Å². The summed E-state index contributed by atoms with van der Waals surface area (Å²) in [4.78, 5) is 12.9. The van der Waals surface area contributed by atoms with Crippen molar-refractivity contribution in [3.63, 3.8) is 0 Å². The molecule has 3 rings (SSSR count). The number of ketones is 1. The number of carbonyl (C=O) groups excluding carboxylic acids is 1. The van der Waals surface area contributed by atoms with Crippen LogP contribution in [-0.2, 0) is 13.6 Å². The van der Waals surface area contributed by atoms with Gasteiger partial charge in [0.25, 0.3) is 8.32 Å². The molecule has 0 bridgehead atoms. The normalized spacial score (nSPS) is 23.7. The van der Waals surface area contributed by atoms with Crippen molar-refractivity contribution in [2.24, 2.45) is 0 Å². The zero-order valence-corrected chi connectivity index (χ0v) is 24.8. The highest BCUT2D eigenvalue weighted by Crippen LogP contribution is 2.46. The average molecular weight is 511 g/mol. The summed E-state index contributed by atoms with van der Waals surface area (Å²) in [6, 6.07) is 20.8. The number of benzene rings is 2. The number of hydrogen-bond donors (Lipinski definition) is 1. The van der Waals surface area contributed by atoms with Crippen LogP contribution in [0.1, 0.15) is 48.5 Å². The third kappa shape index (κ3) is 4.79. The molecule has 0 radical (unpaired) electrons. The summed E-state index contributed by atoms with van der Waals surface area (Å²) in [5.74, 6) is -0.345. The molecule has 4 nitrogen and oxygen atoms in total. The second-order valence-electron chi connectivity index (χ2n) is 12.5. The molecule has 0 unspecified atom stereocenters. The standard InChI is InChI=1S/C29H42O4Si2/c1-26(2,3)34(8,9)33-29(21-20-25(30)28(29,7)31)22-32-35(27(4,5)6,23-16-12-10-13-17-23)24-18-14-11-15-19-24/h10-21,31H,22H2,1-9H3/t28-,29+/m1/s1. The zero-order chi connectivity index (χ0) is 26.3. The molecule has 0 fully saturated rings. The third-order valence-corrected chi connectivity index (χ3v) is 17.4. The van der Waals surface area contributed by atoms with Gasteiger partial charge in [-0.05, 0) is 52.6 Å². The molecule has 35 heavy (non-hydrogen) atoms. The lowest BCUT2D eigenvalue weighted by atomic mass is 9.87. The minimum absolute atomic E-state index is 0.0853. The molecular formula is C29H42O4Si2. The van der Waals surface area contributed by atoms with Gasteiger partial charge in [0.1, 0.15) is 5.60 Å². The topological polar surface area (TPSA) is 55.8 Å². The van der Waals surface area contributed by atoms with Crippen LogP contribution in [0.25, 0.3) is 0 Å². The number of carbonyl (C=O) groups is 1. The zero-order valence-electron chi connectivity index (χ0n) is 22.8. The summed E-state index contributed by atoms with van der Waals surface area (Å²) in [5.41, 5.74) is -2.98. The Morgan fingerprint density at radius 2 is 1.29 bits per heavy atom. The van der Waals surface area contributed by atoms with E-state index in [0.717, 1.165) is 10.4 Å². The molecule has 1 aliphatic carbocycles. The highest BCUT2D eigenvalue weighted by molar-refractivity contribution is 6.99. The van der Waals surface area contributed by atoms with Crippen LogP contribution in [0, 0.1) is 0 Å². The Bertz CT molecular complexity index is 1020. The molecular weight excluding hydrogens is 468 g/mol. The van der Waals surface area contributed by atoms with Crippen molar-refractivity contribution in [2.75, 3.05) is 6.61 Å². The van der Waals surface area contributed by atoms with Crippen LogP contribution in [0.15, 0.2) is 72.8 Å². The maximum absolute atomic E-state index is 12.9. The van der Waals surface area contributed by atoms with Gasteiger partial charge in [0.05, 0.1) is 6.61 Å². The molecule has 0 spiro atoms. The van der Waals surface area contributed by atoms with Crippen molar-refractivity contribution < 1.29 is 18.8 Å². The fourth-order valence-electron chi connectivity index (χ4n) is 4.68. The molecule has 0 saturated carbocycles. The third-order valence-electron chi connectivity index (χ3n) is 7.97. The van der Waals surface area contributed by atoms with Crippen LogP contribution in [0.3, 0.4) is 0 Å². The molecule has 1 aliphatic rings. The Labute approximate surface area is 213 Å². The van der Waals surface area contributed by atoms with E-state index in [1.165, 1.54) is 6.08 Å². The first-order valence-corrected chi connectivity index (χ1v) is 17.2. The summed E-state index contributed by atoms with van der Waals surface area (Å²) >= 11 is 0. The van der Waals surface area contributed by atoms with Gasteiger partial charge in [-0.1, -0.05) is 102 Å². The van der Waals surface area contributed by atoms with Gasteiger partial charge in [0, 0.05) is 0 Å². The smallest absolute Gasteiger partial charge is 0.261 e. The second-order valence-corrected chi connectivity index (χ2v) is 21.5. The van der Waals surface area contributed by atoms with Crippen molar-refractivity contribution in [1.29, 1.82) is 0 Å². The Hall–Kier alpha value is -1.84. The predicted octanol–water partition coefficient (Wildman–Crippen LogP) is 5.21. The van der Waals surface area contributed by atoms with Gasteiger partial charge in [-0.15, -0.1) is 0 Å². The highest BCUT2D eigenvalue weighted by atomic mass is 28.4. The van der Waals surface area contributed by atoms with E-state index >= 15 is 0 Å². The molecule has 0 aliphatic heterocycles. The molecule has 0 amide bonds. The van der Waals surface area contributed by atoms with Crippen molar-refractivity contribution in [1.82, 2.24) is 0 Å². The van der Waals surface area contributed by atoms with Crippen molar-refractivity contribution in [3.05, 3.63) is 72.8 Å². The van der Waals surface area contributed by atoms with Crippen LogP contribution in [0.4, 0.5) is 0 Å². The van der Waals surface area contributed by atoms with Gasteiger partial charge in [-0.2, -0.15) is 0 Å². The first-order valence-electron chi connectivity index (χ1n) is 12.4. The van der Waals surface area contributed by atoms with Crippen LogP contribution in [0.2, 0.25) is 23.2 Å². The summed E-state index contributed by atoms with van der Waals surface area (Å²) in [6.07, 6.45) is 3.20. The van der Waals surface area contributed by atoms with E-state index in [0.29, 0.717) is 0 Å². The van der Waals surface area contributed by atoms with E-state index < -0.39 is 27.8 Å². The monoisotopic (exact) mass is 510 g/mol. The van der Waals surface area contributed by atoms with Gasteiger partial charge in [-0.3, -0.25) is 4.79 Å². The Morgan fingerprint density at radius 1 is 0.829 bits per heavy atom. The molecule has 190 valence electrons. The molecule has 2 atom stereocenters. The van der Waals surface area contributed by atoms with E-state index in [1.807, 2.05) is 36.4 Å². The van der Waals surface area contributed by atoms with E-state index in [-0.39, 0.29) is 22.5 Å². The Kier molecular flexibility index (Phi) is 7.32. The van der Waals surface area contributed by atoms with Gasteiger partial charge in [0.15, 0.2) is 19.7 Å². The number of hydrogen-bond acceptors (Lipinski definition) is 4. The fourth-order valence-corrected chi connectivity index (χ4v) is 10.8. The maximum atomic E-state index is 12.9. The summed E-state index contributed by atoms with van der Waals surface area (Å²) < 4.78 is 14.1. The first-order chi connectivity index (χ1) is 16.0. The molecule has 0 aromatic heterocycles. The van der Waals surface area contributed by atoms with Crippen molar-refractivity contribution in [2.45, 2.75) is 82.8 Å². The fraction of sp³-hybridized carbons (Fsp3) is 0.483. The quantitative estimate of drug-likeness (QED) is 0.519. The maximum Gasteiger partial charge on any atom is 0.261 e. The van der Waals surface area contributed by atoms with Crippen LogP contribution in [0.5, 0.6) is 0 Å². The van der Waals surface area contributed by atoms with E-state index in [9.17, 15) is 9.90 Å². The lowest BCUT2D eigenvalue weighted by molar-refractivity contribution is -0.151. The van der Waals surface area contributed by atoms with E-state index in [1.54, 1.807) is 13.0 Å². The summed E-state index contributed by atoms with van der Waals surface area (Å²) in [5, 5.41) is 13.5. The van der Waals surface area contributed by atoms with Crippen LogP contribution >= 0.6 is 0 Å². The largest absolute Gasteiger partial charge is 0.404 e. The summed E-state index contributed by atoms with van der Waals surface area (Å²) in [6.45, 7) is 19.1. The molecule has 6 heteroatoms. The van der Waals surface area contributed by atoms with Gasteiger partial charge in [-0.25, -0.2) is 0 Å². The van der Waals surface area contributed by atoms with Crippen molar-refractivity contribution >= 4 is 32.8 Å². The molecule has 2 aromatic rings. The number of aliphatic hydroxyl groups is 1. The predicted molar refractivity (Wildman–Crippen MR) is 149 cm³/mol. The van der Waals surface area contributed by atoms with E-state index in [2.05, 4.69) is 78.9 Å². The highest BCUT2D eigenvalue weighted by Gasteiger charge is 2.60. The second kappa shape index (κ2) is 9.23. The molecule has 2 aromatic carbocycles. The van der Waals surface area contributed by atoms with Crippen LogP contribution < -0.4 is 10.4 Å². The number of rotatable bonds is 7. The lowest BCUT2D eigenvalue weighted by Gasteiger charge is -2.50. The van der Waals surface area contributed by atoms with Crippen LogP contribution in [-0.4, -0.2) is 45.3 Å². The lowest BCUT2D eigenvalue weighted by Crippen LogP contribution is -2.70. The first kappa shape index (κ1) is 27.7. The SMILES string of the molecule is CC(C)(C)[Si](C)(C)O[C@]1(CO[Si](c2ccccc2)(c2ccccc2)C(C)(C)C)C=CC(=O)[C@@]1(C)O.